The molecule has 0 aliphatic heterocycles. The molecule has 0 fully saturated rings. The molecular weight excluding hydrogens is 314 g/mol. The van der Waals surface area contributed by atoms with Crippen LogP contribution in [0.1, 0.15) is 11.1 Å². The van der Waals surface area contributed by atoms with Gasteiger partial charge < -0.3 is 10.3 Å². The highest BCUT2D eigenvalue weighted by molar-refractivity contribution is 5.72. The molecule has 6 heteroatoms. The Bertz CT molecular complexity index is 1070. The van der Waals surface area contributed by atoms with Gasteiger partial charge in [-0.25, -0.2) is 4.98 Å². The second-order valence-corrected chi connectivity index (χ2v) is 5.88. The normalized spacial score (nSPS) is 11.0. The van der Waals surface area contributed by atoms with E-state index < -0.39 is 0 Å². The summed E-state index contributed by atoms with van der Waals surface area (Å²) in [6.07, 6.45) is 1.67. The van der Waals surface area contributed by atoms with Crippen LogP contribution >= 0.6 is 0 Å². The number of hydrogen-bond donors (Lipinski definition) is 1. The molecule has 0 saturated carbocycles. The lowest BCUT2D eigenvalue weighted by molar-refractivity contribution is 0.797. The Morgan fingerprint density at radius 1 is 0.880 bits per heavy atom. The van der Waals surface area contributed by atoms with E-state index >= 15 is 0 Å². The van der Waals surface area contributed by atoms with E-state index in [0.29, 0.717) is 24.3 Å². The zero-order valence-electron chi connectivity index (χ0n) is 13.5. The number of aromatic nitrogens is 4. The molecule has 2 heterocycles. The Balaban J connectivity index is 1.81. The maximum absolute atomic E-state index is 12.4. The van der Waals surface area contributed by atoms with E-state index in [1.54, 1.807) is 10.9 Å². The van der Waals surface area contributed by atoms with Crippen LogP contribution in [0.15, 0.2) is 71.8 Å². The Hall–Kier alpha value is -3.41. The number of benzene rings is 2. The lowest BCUT2D eigenvalue weighted by atomic mass is 10.2. The van der Waals surface area contributed by atoms with Gasteiger partial charge in [0.25, 0.3) is 0 Å². The minimum Gasteiger partial charge on any atom is -0.369 e. The highest BCUT2D eigenvalue weighted by Crippen LogP contribution is 2.15. The van der Waals surface area contributed by atoms with Crippen LogP contribution in [0.5, 0.6) is 0 Å². The van der Waals surface area contributed by atoms with Crippen molar-refractivity contribution in [3.05, 3.63) is 88.5 Å². The van der Waals surface area contributed by atoms with Gasteiger partial charge in [0.1, 0.15) is 0 Å². The van der Waals surface area contributed by atoms with E-state index in [4.69, 9.17) is 5.73 Å². The summed E-state index contributed by atoms with van der Waals surface area (Å²) in [6.45, 7) is 1.07. The van der Waals surface area contributed by atoms with Crippen molar-refractivity contribution in [1.29, 1.82) is 0 Å². The van der Waals surface area contributed by atoms with Crippen LogP contribution in [-0.4, -0.2) is 19.1 Å². The number of fused-ring (bicyclic) bond motifs is 1. The summed E-state index contributed by atoms with van der Waals surface area (Å²) in [5.41, 5.74) is 8.82. The summed E-state index contributed by atoms with van der Waals surface area (Å²) in [6, 6.07) is 19.8. The predicted octanol–water partition coefficient (Wildman–Crippen LogP) is 2.27. The minimum absolute atomic E-state index is 0.173. The summed E-state index contributed by atoms with van der Waals surface area (Å²) in [5, 5.41) is 0. The number of nitrogen functional groups attached to an aromatic ring is 1. The standard InChI is InChI=1S/C19H17N5O/c20-19-22-18(25)16-17(24(19)12-15-9-5-2-6-10-15)21-13-23(16)11-14-7-3-1-4-8-14/h1-10,13H,11-12H2,(H2,20,22,25). The van der Waals surface area contributed by atoms with Gasteiger partial charge in [-0.15, -0.1) is 0 Å². The summed E-state index contributed by atoms with van der Waals surface area (Å²) in [7, 11) is 0. The molecule has 4 rings (SSSR count). The summed E-state index contributed by atoms with van der Waals surface area (Å²) in [4.78, 5) is 20.8. The van der Waals surface area contributed by atoms with Crippen molar-refractivity contribution in [2.45, 2.75) is 13.1 Å². The predicted molar refractivity (Wildman–Crippen MR) is 97.3 cm³/mol. The molecule has 0 spiro atoms. The Morgan fingerprint density at radius 3 is 2.12 bits per heavy atom. The molecule has 25 heavy (non-hydrogen) atoms. The third kappa shape index (κ3) is 2.89. The second kappa shape index (κ2) is 6.24. The number of nitrogens with two attached hydrogens (primary N) is 1. The fourth-order valence-electron chi connectivity index (χ4n) is 2.94. The van der Waals surface area contributed by atoms with Gasteiger partial charge in [0.15, 0.2) is 11.2 Å². The molecule has 0 amide bonds. The molecule has 0 saturated heterocycles. The monoisotopic (exact) mass is 331 g/mol. The summed E-state index contributed by atoms with van der Waals surface area (Å²) >= 11 is 0. The highest BCUT2D eigenvalue weighted by Gasteiger charge is 2.15. The van der Waals surface area contributed by atoms with Gasteiger partial charge in [-0.2, -0.15) is 4.98 Å². The summed E-state index contributed by atoms with van der Waals surface area (Å²) < 4.78 is 3.59. The fourth-order valence-corrected chi connectivity index (χ4v) is 2.94. The molecule has 0 aliphatic carbocycles. The Labute approximate surface area is 144 Å². The fraction of sp³-hybridized carbons (Fsp3) is 0.105. The first-order valence-electron chi connectivity index (χ1n) is 8.01. The van der Waals surface area contributed by atoms with E-state index in [1.165, 1.54) is 0 Å². The highest BCUT2D eigenvalue weighted by atomic mass is 16.1. The Kier molecular flexibility index (Phi) is 3.78. The van der Waals surface area contributed by atoms with E-state index in [0.717, 1.165) is 11.1 Å². The van der Waals surface area contributed by atoms with Gasteiger partial charge >= 0.3 is 5.56 Å². The maximum Gasteiger partial charge on any atom is 0.300 e. The third-order valence-corrected chi connectivity index (χ3v) is 4.15. The van der Waals surface area contributed by atoms with E-state index in [9.17, 15) is 4.79 Å². The maximum atomic E-state index is 12.4. The van der Waals surface area contributed by atoms with Crippen molar-refractivity contribution in [2.24, 2.45) is 0 Å². The van der Waals surface area contributed by atoms with Gasteiger partial charge in [0.2, 0.25) is 5.95 Å². The van der Waals surface area contributed by atoms with Crippen LogP contribution in [0, 0.1) is 0 Å². The van der Waals surface area contributed by atoms with Crippen molar-refractivity contribution in [3.63, 3.8) is 0 Å². The Morgan fingerprint density at radius 2 is 1.48 bits per heavy atom. The van der Waals surface area contributed by atoms with Gasteiger partial charge in [-0.3, -0.25) is 9.36 Å². The first-order chi connectivity index (χ1) is 12.2. The molecule has 124 valence electrons. The quantitative estimate of drug-likeness (QED) is 0.622. The van der Waals surface area contributed by atoms with E-state index in [-0.39, 0.29) is 11.5 Å². The van der Waals surface area contributed by atoms with Crippen LogP contribution in [0.25, 0.3) is 11.2 Å². The first-order valence-corrected chi connectivity index (χ1v) is 8.01. The zero-order valence-corrected chi connectivity index (χ0v) is 13.5. The molecule has 0 unspecified atom stereocenters. The molecule has 6 nitrogen and oxygen atoms in total. The van der Waals surface area contributed by atoms with Crippen molar-refractivity contribution in [1.82, 2.24) is 19.1 Å². The smallest absolute Gasteiger partial charge is 0.300 e. The molecule has 0 radical (unpaired) electrons. The SMILES string of the molecule is Nc1nc(=O)c2c(ncn2Cc2ccccc2)n1Cc1ccccc1. The summed E-state index contributed by atoms with van der Waals surface area (Å²) in [5.74, 6) is 0.173. The minimum atomic E-state index is -0.356. The van der Waals surface area contributed by atoms with Crippen LogP contribution in [0.2, 0.25) is 0 Å². The number of rotatable bonds is 4. The van der Waals surface area contributed by atoms with Gasteiger partial charge in [-0.05, 0) is 11.1 Å². The third-order valence-electron chi connectivity index (χ3n) is 4.15. The topological polar surface area (TPSA) is 78.7 Å². The molecule has 0 bridgehead atoms. The van der Waals surface area contributed by atoms with Gasteiger partial charge in [-0.1, -0.05) is 60.7 Å². The lowest BCUT2D eigenvalue weighted by Crippen LogP contribution is -2.20. The number of nitrogens with zero attached hydrogens (tertiary/aromatic N) is 4. The second-order valence-electron chi connectivity index (χ2n) is 5.88. The first kappa shape index (κ1) is 15.1. The zero-order chi connectivity index (χ0) is 17.2. The van der Waals surface area contributed by atoms with Gasteiger partial charge in [0.05, 0.1) is 12.9 Å². The van der Waals surface area contributed by atoms with Crippen molar-refractivity contribution < 1.29 is 0 Å². The molecule has 2 aromatic carbocycles. The number of hydrogen-bond acceptors (Lipinski definition) is 4. The van der Waals surface area contributed by atoms with Crippen LogP contribution in [0.3, 0.4) is 0 Å². The van der Waals surface area contributed by atoms with E-state index in [2.05, 4.69) is 9.97 Å². The number of imidazole rings is 1. The van der Waals surface area contributed by atoms with Crippen LogP contribution < -0.4 is 11.3 Å². The van der Waals surface area contributed by atoms with Crippen molar-refractivity contribution in [3.8, 4) is 0 Å². The molecule has 0 aliphatic rings. The van der Waals surface area contributed by atoms with Crippen molar-refractivity contribution >= 4 is 17.1 Å². The average Bonchev–Trinajstić information content (AvgIpc) is 3.04. The van der Waals surface area contributed by atoms with E-state index in [1.807, 2.05) is 65.2 Å². The molecule has 0 atom stereocenters. The lowest BCUT2D eigenvalue weighted by Gasteiger charge is -2.11. The number of anilines is 1. The molecule has 2 N–H and O–H groups in total. The van der Waals surface area contributed by atoms with Crippen LogP contribution in [-0.2, 0) is 13.1 Å². The molecular formula is C19H17N5O. The van der Waals surface area contributed by atoms with Gasteiger partial charge in [0, 0.05) is 6.54 Å². The van der Waals surface area contributed by atoms with Crippen LogP contribution in [0.4, 0.5) is 5.95 Å². The largest absolute Gasteiger partial charge is 0.369 e. The van der Waals surface area contributed by atoms with Crippen molar-refractivity contribution in [2.75, 3.05) is 5.73 Å². The molecule has 2 aromatic heterocycles. The average molecular weight is 331 g/mol. The molecule has 4 aromatic rings.